The maximum atomic E-state index is 5.66. The van der Waals surface area contributed by atoms with E-state index in [2.05, 4.69) is 9.98 Å². The first-order valence-electron chi connectivity index (χ1n) is 10.4. The van der Waals surface area contributed by atoms with Gasteiger partial charge in [-0.15, -0.1) is 0 Å². The zero-order valence-corrected chi connectivity index (χ0v) is 17.4. The van der Waals surface area contributed by atoms with Crippen LogP contribution in [0.4, 0.5) is 0 Å². The fraction of sp³-hybridized carbons (Fsp3) is 0.0370. The van der Waals surface area contributed by atoms with E-state index in [-0.39, 0.29) is 0 Å². The molecule has 5 heterocycles. The number of para-hydroxylation sites is 1. The topological polar surface area (TPSA) is 58.7 Å². The molecule has 0 amide bonds. The molecule has 0 spiro atoms. The highest BCUT2D eigenvalue weighted by molar-refractivity contribution is 6.33. The van der Waals surface area contributed by atoms with Gasteiger partial charge in [-0.1, -0.05) is 18.2 Å². The normalized spacial score (nSPS) is 20.1. The Bertz CT molecular complexity index is 1430. The van der Waals surface area contributed by atoms with Gasteiger partial charge in [0.1, 0.15) is 5.75 Å². The predicted molar refractivity (Wildman–Crippen MR) is 130 cm³/mol. The first kappa shape index (κ1) is 18.4. The van der Waals surface area contributed by atoms with E-state index in [9.17, 15) is 0 Å². The summed E-state index contributed by atoms with van der Waals surface area (Å²) in [6, 6.07) is 7.95. The number of ether oxygens (including phenoxy) is 1. The minimum absolute atomic E-state index is 0.777. The number of benzene rings is 1. The zero-order valence-electron chi connectivity index (χ0n) is 17.4. The minimum atomic E-state index is 0.777. The van der Waals surface area contributed by atoms with Crippen LogP contribution in [0.25, 0.3) is 5.57 Å². The van der Waals surface area contributed by atoms with Gasteiger partial charge in [-0.05, 0) is 72.9 Å². The van der Waals surface area contributed by atoms with Crippen LogP contribution in [0.1, 0.15) is 5.56 Å². The van der Waals surface area contributed by atoms with Crippen LogP contribution in [0.15, 0.2) is 134 Å². The SMILES string of the molecule is COc1ccccc1C1=C2C=CC(=N2)C=C2C=CC(=N2)C=C2C=CC(=N2)C=C2C=CC1=N2. The number of methoxy groups -OCH3 is 1. The van der Waals surface area contributed by atoms with E-state index >= 15 is 0 Å². The fourth-order valence-corrected chi connectivity index (χ4v) is 4.02. The summed E-state index contributed by atoms with van der Waals surface area (Å²) < 4.78 is 5.66. The van der Waals surface area contributed by atoms with E-state index in [4.69, 9.17) is 14.7 Å². The summed E-state index contributed by atoms with van der Waals surface area (Å²) in [5.74, 6) is 0.777. The smallest absolute Gasteiger partial charge is 0.126 e. The Labute approximate surface area is 185 Å². The predicted octanol–water partition coefficient (Wildman–Crippen LogP) is 5.11. The van der Waals surface area contributed by atoms with Crippen LogP contribution in [-0.4, -0.2) is 30.0 Å². The molecule has 5 aliphatic heterocycles. The van der Waals surface area contributed by atoms with Gasteiger partial charge < -0.3 is 4.74 Å². The average molecular weight is 414 g/mol. The molecule has 5 heteroatoms. The lowest BCUT2D eigenvalue weighted by molar-refractivity contribution is 0.413. The van der Waals surface area contributed by atoms with Crippen molar-refractivity contribution in [2.24, 2.45) is 20.0 Å². The molecule has 152 valence electrons. The second-order valence-corrected chi connectivity index (χ2v) is 7.61. The van der Waals surface area contributed by atoms with Crippen LogP contribution in [0.2, 0.25) is 0 Å². The van der Waals surface area contributed by atoms with Crippen LogP contribution >= 0.6 is 0 Å². The molecule has 5 nitrogen and oxygen atoms in total. The van der Waals surface area contributed by atoms with E-state index in [0.717, 1.165) is 62.5 Å². The van der Waals surface area contributed by atoms with Crippen molar-refractivity contribution >= 4 is 28.4 Å². The Morgan fingerprint density at radius 1 is 0.594 bits per heavy atom. The first-order valence-corrected chi connectivity index (χ1v) is 10.4. The van der Waals surface area contributed by atoms with Gasteiger partial charge in [0, 0.05) is 11.1 Å². The van der Waals surface area contributed by atoms with Gasteiger partial charge in [-0.3, -0.25) is 0 Å². The number of hydrogen-bond acceptors (Lipinski definition) is 5. The van der Waals surface area contributed by atoms with Crippen molar-refractivity contribution in [3.8, 4) is 5.75 Å². The molecule has 1 aromatic carbocycles. The molecule has 0 N–H and O–H groups in total. The average Bonchev–Trinajstić information content (AvgIpc) is 3.60. The van der Waals surface area contributed by atoms with Crippen LogP contribution < -0.4 is 4.74 Å². The number of allylic oxidation sites excluding steroid dienone is 12. The largest absolute Gasteiger partial charge is 0.496 e. The highest BCUT2D eigenvalue weighted by Gasteiger charge is 2.21. The lowest BCUT2D eigenvalue weighted by atomic mass is 9.98. The van der Waals surface area contributed by atoms with Gasteiger partial charge in [0.05, 0.1) is 52.7 Å². The standard InChI is InChI=1S/C27H18N4O/c1-32-26-5-3-2-4-23(26)27-24-12-10-21(30-24)15-19-8-6-17(28-19)14-18-7-9-20(29-18)16-22-11-13-25(27)31-22/h2-16H,1H3. The molecule has 6 rings (SSSR count). The Balaban J connectivity index is 1.58. The van der Waals surface area contributed by atoms with Crippen LogP contribution in [0.5, 0.6) is 5.75 Å². The molecule has 0 aromatic heterocycles. The molecule has 0 unspecified atom stereocenters. The highest BCUT2D eigenvalue weighted by Crippen LogP contribution is 2.34. The minimum Gasteiger partial charge on any atom is -0.496 e. The van der Waals surface area contributed by atoms with E-state index in [1.54, 1.807) is 7.11 Å². The molecule has 0 atom stereocenters. The van der Waals surface area contributed by atoms with Crippen LogP contribution in [-0.2, 0) is 0 Å². The monoisotopic (exact) mass is 414 g/mol. The highest BCUT2D eigenvalue weighted by atomic mass is 16.5. The van der Waals surface area contributed by atoms with Crippen molar-refractivity contribution in [3.63, 3.8) is 0 Å². The summed E-state index contributed by atoms with van der Waals surface area (Å²) in [6.45, 7) is 0. The van der Waals surface area contributed by atoms with Crippen molar-refractivity contribution in [2.75, 3.05) is 7.11 Å². The summed E-state index contributed by atoms with van der Waals surface area (Å²) in [7, 11) is 1.68. The molecule has 0 saturated carbocycles. The summed E-state index contributed by atoms with van der Waals surface area (Å²) in [4.78, 5) is 19.1. The van der Waals surface area contributed by atoms with Gasteiger partial charge in [0.25, 0.3) is 0 Å². The maximum Gasteiger partial charge on any atom is 0.126 e. The lowest BCUT2D eigenvalue weighted by Crippen LogP contribution is -2.02. The molecule has 8 bridgehead atoms. The Morgan fingerprint density at radius 2 is 1.19 bits per heavy atom. The molecular formula is C27H18N4O. The van der Waals surface area contributed by atoms with Gasteiger partial charge in [0.15, 0.2) is 0 Å². The van der Waals surface area contributed by atoms with Gasteiger partial charge >= 0.3 is 0 Å². The van der Waals surface area contributed by atoms with E-state index in [1.807, 2.05) is 91.1 Å². The van der Waals surface area contributed by atoms with E-state index in [0.29, 0.717) is 0 Å². The Kier molecular flexibility index (Phi) is 4.25. The van der Waals surface area contributed by atoms with Crippen molar-refractivity contribution in [3.05, 3.63) is 119 Å². The molecular weight excluding hydrogens is 396 g/mol. The number of hydrogen-bond donors (Lipinski definition) is 0. The third kappa shape index (κ3) is 3.30. The van der Waals surface area contributed by atoms with Gasteiger partial charge in [0.2, 0.25) is 0 Å². The third-order valence-electron chi connectivity index (χ3n) is 5.47. The van der Waals surface area contributed by atoms with Crippen molar-refractivity contribution < 1.29 is 4.74 Å². The van der Waals surface area contributed by atoms with Crippen LogP contribution in [0.3, 0.4) is 0 Å². The molecule has 5 aliphatic rings. The molecule has 32 heavy (non-hydrogen) atoms. The van der Waals surface area contributed by atoms with Crippen LogP contribution in [0, 0.1) is 0 Å². The zero-order chi connectivity index (χ0) is 21.5. The van der Waals surface area contributed by atoms with Gasteiger partial charge in [-0.2, -0.15) is 0 Å². The van der Waals surface area contributed by atoms with Crippen molar-refractivity contribution in [1.29, 1.82) is 0 Å². The van der Waals surface area contributed by atoms with Crippen molar-refractivity contribution in [2.45, 2.75) is 0 Å². The van der Waals surface area contributed by atoms with Crippen molar-refractivity contribution in [1.82, 2.24) is 0 Å². The number of fused-ring (bicyclic) bond motifs is 4. The molecule has 0 saturated heterocycles. The lowest BCUT2D eigenvalue weighted by Gasteiger charge is -2.13. The fourth-order valence-electron chi connectivity index (χ4n) is 4.02. The number of rotatable bonds is 2. The summed E-state index contributed by atoms with van der Waals surface area (Å²) in [5, 5.41) is 0. The first-order chi connectivity index (χ1) is 15.7. The maximum absolute atomic E-state index is 5.66. The Morgan fingerprint density at radius 3 is 1.91 bits per heavy atom. The molecule has 0 aliphatic carbocycles. The van der Waals surface area contributed by atoms with Gasteiger partial charge in [-0.25, -0.2) is 20.0 Å². The number of aliphatic imine (C=N–C) groups is 4. The Hall–Kier alpha value is -4.38. The third-order valence-corrected chi connectivity index (χ3v) is 5.47. The second kappa shape index (κ2) is 7.39. The van der Waals surface area contributed by atoms with E-state index < -0.39 is 0 Å². The molecule has 0 radical (unpaired) electrons. The summed E-state index contributed by atoms with van der Waals surface area (Å²) >= 11 is 0. The molecule has 1 aromatic rings. The quantitative estimate of drug-likeness (QED) is 0.663. The summed E-state index contributed by atoms with van der Waals surface area (Å²) in [6.07, 6.45) is 21.9. The number of nitrogens with zero attached hydrogens (tertiary/aromatic N) is 4. The second-order valence-electron chi connectivity index (χ2n) is 7.61. The summed E-state index contributed by atoms with van der Waals surface area (Å²) in [5.41, 5.74) is 8.70. The molecule has 0 fully saturated rings. The van der Waals surface area contributed by atoms with E-state index in [1.165, 1.54) is 0 Å².